The molecule has 0 amide bonds. The molecule has 0 spiro atoms. The van der Waals surface area contributed by atoms with Gasteiger partial charge in [-0.2, -0.15) is 0 Å². The number of nitrogen functional groups attached to an aromatic ring is 1. The fourth-order valence-corrected chi connectivity index (χ4v) is 1.41. The number of aromatic amines is 1. The highest BCUT2D eigenvalue weighted by molar-refractivity contribution is 6.02. The molecule has 2 rings (SSSR count). The molecule has 0 saturated carbocycles. The molecule has 5 nitrogen and oxygen atoms in total. The van der Waals surface area contributed by atoms with Crippen molar-refractivity contribution in [3.05, 3.63) is 23.5 Å². The first-order chi connectivity index (χ1) is 6.59. The lowest BCUT2D eigenvalue weighted by Gasteiger charge is -1.99. The Morgan fingerprint density at radius 2 is 2.29 bits per heavy atom. The van der Waals surface area contributed by atoms with Gasteiger partial charge in [0.1, 0.15) is 11.3 Å². The van der Waals surface area contributed by atoms with Gasteiger partial charge in [0, 0.05) is 0 Å². The molecule has 0 atom stereocenters. The highest BCUT2D eigenvalue weighted by Gasteiger charge is 2.12. The summed E-state index contributed by atoms with van der Waals surface area (Å²) >= 11 is 0. The number of anilines is 1. The molecule has 1 aromatic heterocycles. The molecule has 1 heterocycles. The van der Waals surface area contributed by atoms with Crippen molar-refractivity contribution in [2.45, 2.75) is 6.92 Å². The van der Waals surface area contributed by atoms with Gasteiger partial charge in [0.15, 0.2) is 0 Å². The number of carbonyl (C=O) groups is 1. The van der Waals surface area contributed by atoms with Crippen molar-refractivity contribution in [3.8, 4) is 0 Å². The van der Waals surface area contributed by atoms with Crippen LogP contribution in [0.4, 0.5) is 5.69 Å². The van der Waals surface area contributed by atoms with Gasteiger partial charge in [-0.15, -0.1) is 0 Å². The number of imidazole rings is 1. The van der Waals surface area contributed by atoms with E-state index in [1.165, 1.54) is 6.07 Å². The predicted octanol–water partition coefficient (Wildman–Crippen LogP) is 1.15. The molecule has 0 bridgehead atoms. The van der Waals surface area contributed by atoms with E-state index in [0.717, 1.165) is 5.52 Å². The zero-order valence-electron chi connectivity index (χ0n) is 7.53. The zero-order chi connectivity index (χ0) is 10.3. The third kappa shape index (κ3) is 1.10. The smallest absolute Gasteiger partial charge is 0.337 e. The number of aromatic carboxylic acids is 1. The number of H-pyrrole nitrogens is 1. The Bertz CT molecular complexity index is 516. The second-order valence-electron chi connectivity index (χ2n) is 3.05. The summed E-state index contributed by atoms with van der Waals surface area (Å²) in [5.41, 5.74) is 7.24. The Balaban J connectivity index is 2.80. The minimum Gasteiger partial charge on any atom is -0.478 e. The van der Waals surface area contributed by atoms with Crippen molar-refractivity contribution in [3.63, 3.8) is 0 Å². The molecule has 14 heavy (non-hydrogen) atoms. The van der Waals surface area contributed by atoms with E-state index in [9.17, 15) is 4.79 Å². The maximum atomic E-state index is 10.8. The van der Waals surface area contributed by atoms with Crippen LogP contribution in [0.2, 0.25) is 0 Å². The fraction of sp³-hybridized carbons (Fsp3) is 0.111. The van der Waals surface area contributed by atoms with Gasteiger partial charge in [-0.3, -0.25) is 0 Å². The number of carboxylic acid groups (broad SMARTS) is 1. The van der Waals surface area contributed by atoms with Crippen molar-refractivity contribution in [2.24, 2.45) is 0 Å². The summed E-state index contributed by atoms with van der Waals surface area (Å²) in [5.74, 6) is -0.320. The second kappa shape index (κ2) is 2.73. The van der Waals surface area contributed by atoms with E-state index in [4.69, 9.17) is 10.8 Å². The normalized spacial score (nSPS) is 10.6. The number of hydrogen-bond donors (Lipinski definition) is 3. The van der Waals surface area contributed by atoms with Gasteiger partial charge < -0.3 is 15.8 Å². The Labute approximate surface area is 79.6 Å². The molecule has 0 unspecified atom stereocenters. The molecule has 0 aliphatic heterocycles. The molecule has 5 heteroatoms. The first-order valence-corrected chi connectivity index (χ1v) is 4.07. The fourth-order valence-electron chi connectivity index (χ4n) is 1.41. The maximum Gasteiger partial charge on any atom is 0.337 e. The average Bonchev–Trinajstić information content (AvgIpc) is 2.46. The predicted molar refractivity (Wildman–Crippen MR) is 52.2 cm³/mol. The lowest BCUT2D eigenvalue weighted by molar-refractivity contribution is 0.0698. The summed E-state index contributed by atoms with van der Waals surface area (Å²) in [6.07, 6.45) is 0. The molecule has 4 N–H and O–H groups in total. The molecule has 0 fully saturated rings. The van der Waals surface area contributed by atoms with Crippen LogP contribution in [-0.4, -0.2) is 21.0 Å². The van der Waals surface area contributed by atoms with Gasteiger partial charge in [-0.25, -0.2) is 9.78 Å². The topological polar surface area (TPSA) is 92.0 Å². The summed E-state index contributed by atoms with van der Waals surface area (Å²) < 4.78 is 0. The van der Waals surface area contributed by atoms with E-state index in [1.807, 2.05) is 0 Å². The van der Waals surface area contributed by atoms with Crippen molar-refractivity contribution in [1.82, 2.24) is 9.97 Å². The number of aromatic nitrogens is 2. The summed E-state index contributed by atoms with van der Waals surface area (Å²) in [5, 5.41) is 8.81. The van der Waals surface area contributed by atoms with Gasteiger partial charge in [0.2, 0.25) is 0 Å². The van der Waals surface area contributed by atoms with Gasteiger partial charge >= 0.3 is 5.97 Å². The summed E-state index contributed by atoms with van der Waals surface area (Å²) in [6, 6.07) is 3.13. The Hall–Kier alpha value is -2.04. The number of rotatable bonds is 1. The molecular weight excluding hydrogens is 182 g/mol. The van der Waals surface area contributed by atoms with Crippen molar-refractivity contribution >= 4 is 22.7 Å². The quantitative estimate of drug-likeness (QED) is 0.589. The van der Waals surface area contributed by atoms with Crippen LogP contribution in [0.25, 0.3) is 11.0 Å². The number of aryl methyl sites for hydroxylation is 1. The zero-order valence-corrected chi connectivity index (χ0v) is 7.53. The number of nitrogens with zero attached hydrogens (tertiary/aromatic N) is 1. The monoisotopic (exact) mass is 191 g/mol. The molecule has 0 saturated heterocycles. The van der Waals surface area contributed by atoms with Gasteiger partial charge in [0.05, 0.1) is 16.8 Å². The molecular formula is C9H9N3O2. The third-order valence-corrected chi connectivity index (χ3v) is 2.04. The van der Waals surface area contributed by atoms with E-state index < -0.39 is 5.97 Å². The van der Waals surface area contributed by atoms with Crippen LogP contribution in [0.1, 0.15) is 16.2 Å². The maximum absolute atomic E-state index is 10.8. The van der Waals surface area contributed by atoms with Gasteiger partial charge in [-0.05, 0) is 19.1 Å². The van der Waals surface area contributed by atoms with Crippen LogP contribution in [0, 0.1) is 6.92 Å². The van der Waals surface area contributed by atoms with E-state index in [1.54, 1.807) is 13.0 Å². The minimum atomic E-state index is -1.04. The number of hydrogen-bond acceptors (Lipinski definition) is 3. The van der Waals surface area contributed by atoms with Crippen molar-refractivity contribution < 1.29 is 9.90 Å². The third-order valence-electron chi connectivity index (χ3n) is 2.04. The van der Waals surface area contributed by atoms with E-state index in [0.29, 0.717) is 11.3 Å². The first-order valence-electron chi connectivity index (χ1n) is 4.07. The Morgan fingerprint density at radius 1 is 1.57 bits per heavy atom. The molecule has 1 aromatic carbocycles. The van der Waals surface area contributed by atoms with Crippen LogP contribution >= 0.6 is 0 Å². The number of benzene rings is 1. The van der Waals surface area contributed by atoms with E-state index in [-0.39, 0.29) is 11.3 Å². The lowest BCUT2D eigenvalue weighted by atomic mass is 10.1. The van der Waals surface area contributed by atoms with E-state index >= 15 is 0 Å². The number of nitrogens with two attached hydrogens (primary N) is 1. The van der Waals surface area contributed by atoms with Crippen molar-refractivity contribution in [1.29, 1.82) is 0 Å². The van der Waals surface area contributed by atoms with Crippen LogP contribution in [0.15, 0.2) is 12.1 Å². The molecule has 0 aliphatic carbocycles. The van der Waals surface area contributed by atoms with Crippen molar-refractivity contribution in [2.75, 3.05) is 5.73 Å². The highest BCUT2D eigenvalue weighted by Crippen LogP contribution is 2.22. The molecule has 0 radical (unpaired) electrons. The lowest BCUT2D eigenvalue weighted by Crippen LogP contribution is -2.02. The SMILES string of the molecule is Cc1nc2c(N)c(C(=O)O)ccc2[nH]1. The highest BCUT2D eigenvalue weighted by atomic mass is 16.4. The van der Waals surface area contributed by atoms with Gasteiger partial charge in [-0.1, -0.05) is 0 Å². The van der Waals surface area contributed by atoms with E-state index in [2.05, 4.69) is 9.97 Å². The molecule has 2 aromatic rings. The Kier molecular flexibility index (Phi) is 1.67. The second-order valence-corrected chi connectivity index (χ2v) is 3.05. The summed E-state index contributed by atoms with van der Waals surface area (Å²) in [4.78, 5) is 17.8. The van der Waals surface area contributed by atoms with Gasteiger partial charge in [0.25, 0.3) is 0 Å². The minimum absolute atomic E-state index is 0.0870. The van der Waals surface area contributed by atoms with Crippen LogP contribution in [0.5, 0.6) is 0 Å². The molecule has 72 valence electrons. The largest absolute Gasteiger partial charge is 0.478 e. The van der Waals surface area contributed by atoms with Crippen LogP contribution in [-0.2, 0) is 0 Å². The summed E-state index contributed by atoms with van der Waals surface area (Å²) in [6.45, 7) is 1.79. The van der Waals surface area contributed by atoms with Crippen LogP contribution < -0.4 is 5.73 Å². The first kappa shape index (κ1) is 8.55. The van der Waals surface area contributed by atoms with Crippen LogP contribution in [0.3, 0.4) is 0 Å². The number of nitrogens with one attached hydrogen (secondary N) is 1. The standard InChI is InChI=1S/C9H9N3O2/c1-4-11-6-3-2-5(9(13)14)7(10)8(6)12-4/h2-3H,10H2,1H3,(H,11,12)(H,13,14). The average molecular weight is 191 g/mol. The Morgan fingerprint density at radius 3 is 2.93 bits per heavy atom. The summed E-state index contributed by atoms with van der Waals surface area (Å²) in [7, 11) is 0. The molecule has 0 aliphatic rings. The number of carboxylic acids is 1. The number of fused-ring (bicyclic) bond motifs is 1.